The molecule has 3 rings (SSSR count). The second-order valence-electron chi connectivity index (χ2n) is 5.15. The zero-order chi connectivity index (χ0) is 14.8. The molecule has 0 spiro atoms. The van der Waals surface area contributed by atoms with Crippen LogP contribution in [0.1, 0.15) is 35.2 Å². The number of hydrogen-bond acceptors (Lipinski definition) is 2. The highest BCUT2D eigenvalue weighted by Gasteiger charge is 2.22. The van der Waals surface area contributed by atoms with Crippen molar-refractivity contribution in [3.63, 3.8) is 0 Å². The van der Waals surface area contributed by atoms with Crippen molar-refractivity contribution in [3.8, 4) is 0 Å². The van der Waals surface area contributed by atoms with Crippen molar-refractivity contribution in [2.45, 2.75) is 26.2 Å². The molecule has 0 saturated heterocycles. The Bertz CT molecular complexity index is 639. The van der Waals surface area contributed by atoms with Crippen LogP contribution in [0.15, 0.2) is 36.4 Å². The van der Waals surface area contributed by atoms with Crippen LogP contribution in [-0.4, -0.2) is 6.54 Å². The molecule has 1 aliphatic heterocycles. The molecule has 1 aliphatic rings. The van der Waals surface area contributed by atoms with E-state index in [1.165, 1.54) is 17.2 Å². The van der Waals surface area contributed by atoms with Gasteiger partial charge in [-0.2, -0.15) is 0 Å². The van der Waals surface area contributed by atoms with Crippen molar-refractivity contribution in [1.82, 2.24) is 5.32 Å². The van der Waals surface area contributed by atoms with Gasteiger partial charge in [-0.3, -0.25) is 0 Å². The maximum atomic E-state index is 14.2. The standard InChI is InChI=1S/C17H17ClFNO/c1-2-20-17(16-14(18)4-3-5-15(16)19)11-6-7-12-9-21-10-13(12)8-11/h3-8,17,20H,2,9-10H2,1H3. The molecule has 1 N–H and O–H groups in total. The number of nitrogens with one attached hydrogen (secondary N) is 1. The van der Waals surface area contributed by atoms with Crippen molar-refractivity contribution in [1.29, 1.82) is 0 Å². The highest BCUT2D eigenvalue weighted by atomic mass is 35.5. The lowest BCUT2D eigenvalue weighted by Crippen LogP contribution is -2.23. The van der Waals surface area contributed by atoms with Gasteiger partial charge in [0.15, 0.2) is 0 Å². The van der Waals surface area contributed by atoms with Crippen LogP contribution in [-0.2, 0) is 18.0 Å². The van der Waals surface area contributed by atoms with Crippen LogP contribution in [0.25, 0.3) is 0 Å². The Labute approximate surface area is 128 Å². The topological polar surface area (TPSA) is 21.3 Å². The minimum Gasteiger partial charge on any atom is -0.372 e. The monoisotopic (exact) mass is 305 g/mol. The first-order chi connectivity index (χ1) is 10.2. The third-order valence-electron chi connectivity index (χ3n) is 3.78. The van der Waals surface area contributed by atoms with E-state index in [0.717, 1.165) is 12.1 Å². The fraction of sp³-hybridized carbons (Fsp3) is 0.294. The fourth-order valence-corrected chi connectivity index (χ4v) is 3.02. The van der Waals surface area contributed by atoms with Gasteiger partial charge in [0.05, 0.1) is 19.3 Å². The summed E-state index contributed by atoms with van der Waals surface area (Å²) >= 11 is 6.22. The molecule has 1 atom stereocenters. The Morgan fingerprint density at radius 3 is 2.81 bits per heavy atom. The van der Waals surface area contributed by atoms with E-state index >= 15 is 0 Å². The molecule has 21 heavy (non-hydrogen) atoms. The van der Waals surface area contributed by atoms with Crippen molar-refractivity contribution in [2.75, 3.05) is 6.54 Å². The molecule has 0 saturated carbocycles. The SMILES string of the molecule is CCNC(c1ccc2c(c1)COC2)c1c(F)cccc1Cl. The van der Waals surface area contributed by atoms with Crippen LogP contribution in [0, 0.1) is 5.82 Å². The second-order valence-corrected chi connectivity index (χ2v) is 5.55. The van der Waals surface area contributed by atoms with Gasteiger partial charge in [-0.05, 0) is 35.4 Å². The third-order valence-corrected chi connectivity index (χ3v) is 4.11. The molecule has 0 bridgehead atoms. The van der Waals surface area contributed by atoms with Crippen LogP contribution in [0.3, 0.4) is 0 Å². The summed E-state index contributed by atoms with van der Waals surface area (Å²) in [5.41, 5.74) is 3.88. The Kier molecular flexibility index (Phi) is 4.24. The number of fused-ring (bicyclic) bond motifs is 1. The quantitative estimate of drug-likeness (QED) is 0.913. The van der Waals surface area contributed by atoms with E-state index < -0.39 is 0 Å². The predicted octanol–water partition coefficient (Wildman–Crippen LogP) is 4.21. The largest absolute Gasteiger partial charge is 0.372 e. The molecule has 0 fully saturated rings. The molecule has 0 aliphatic carbocycles. The Hall–Kier alpha value is -1.42. The molecule has 2 aromatic carbocycles. The maximum absolute atomic E-state index is 14.2. The van der Waals surface area contributed by atoms with Crippen LogP contribution in [0.5, 0.6) is 0 Å². The van der Waals surface area contributed by atoms with E-state index in [-0.39, 0.29) is 11.9 Å². The van der Waals surface area contributed by atoms with E-state index in [0.29, 0.717) is 23.8 Å². The highest BCUT2D eigenvalue weighted by Crippen LogP contribution is 2.32. The molecular weight excluding hydrogens is 289 g/mol. The summed E-state index contributed by atoms with van der Waals surface area (Å²) in [4.78, 5) is 0. The van der Waals surface area contributed by atoms with Gasteiger partial charge in [-0.25, -0.2) is 4.39 Å². The lowest BCUT2D eigenvalue weighted by Gasteiger charge is -2.21. The molecule has 0 amide bonds. The lowest BCUT2D eigenvalue weighted by molar-refractivity contribution is 0.134. The molecular formula is C17H17ClFNO. The van der Waals surface area contributed by atoms with Gasteiger partial charge < -0.3 is 10.1 Å². The van der Waals surface area contributed by atoms with Crippen molar-refractivity contribution >= 4 is 11.6 Å². The van der Waals surface area contributed by atoms with Crippen molar-refractivity contribution < 1.29 is 9.13 Å². The maximum Gasteiger partial charge on any atom is 0.129 e. The van der Waals surface area contributed by atoms with Gasteiger partial charge in [-0.15, -0.1) is 0 Å². The minimum absolute atomic E-state index is 0.255. The van der Waals surface area contributed by atoms with Gasteiger partial charge in [0.2, 0.25) is 0 Å². The normalized spacial score (nSPS) is 15.0. The third kappa shape index (κ3) is 2.82. The molecule has 0 radical (unpaired) electrons. The number of halogens is 2. The Morgan fingerprint density at radius 1 is 1.24 bits per heavy atom. The van der Waals surface area contributed by atoms with Crippen LogP contribution in [0.4, 0.5) is 4.39 Å². The van der Waals surface area contributed by atoms with Crippen molar-refractivity contribution in [2.24, 2.45) is 0 Å². The number of rotatable bonds is 4. The van der Waals surface area contributed by atoms with E-state index in [2.05, 4.69) is 17.4 Å². The van der Waals surface area contributed by atoms with Gasteiger partial charge >= 0.3 is 0 Å². The van der Waals surface area contributed by atoms with Gasteiger partial charge in [0, 0.05) is 10.6 Å². The first-order valence-electron chi connectivity index (χ1n) is 7.07. The summed E-state index contributed by atoms with van der Waals surface area (Å²) in [7, 11) is 0. The fourth-order valence-electron chi connectivity index (χ4n) is 2.75. The first-order valence-corrected chi connectivity index (χ1v) is 7.45. The summed E-state index contributed by atoms with van der Waals surface area (Å²) in [5, 5.41) is 3.77. The van der Waals surface area contributed by atoms with E-state index in [1.54, 1.807) is 12.1 Å². The van der Waals surface area contributed by atoms with Gasteiger partial charge in [0.25, 0.3) is 0 Å². The average molecular weight is 306 g/mol. The van der Waals surface area contributed by atoms with E-state index in [1.807, 2.05) is 13.0 Å². The summed E-state index contributed by atoms with van der Waals surface area (Å²) in [5.74, 6) is -0.287. The minimum atomic E-state index is -0.287. The van der Waals surface area contributed by atoms with Gasteiger partial charge in [0.1, 0.15) is 5.82 Å². The molecule has 110 valence electrons. The Balaban J connectivity index is 2.06. The molecule has 4 heteroatoms. The van der Waals surface area contributed by atoms with Crippen molar-refractivity contribution in [3.05, 3.63) is 69.5 Å². The second kappa shape index (κ2) is 6.14. The van der Waals surface area contributed by atoms with Gasteiger partial charge in [-0.1, -0.05) is 42.8 Å². The predicted molar refractivity (Wildman–Crippen MR) is 81.9 cm³/mol. The van der Waals surface area contributed by atoms with Crippen LogP contribution >= 0.6 is 11.6 Å². The molecule has 2 nitrogen and oxygen atoms in total. The number of hydrogen-bond donors (Lipinski definition) is 1. The summed E-state index contributed by atoms with van der Waals surface area (Å²) < 4.78 is 19.7. The highest BCUT2D eigenvalue weighted by molar-refractivity contribution is 6.31. The summed E-state index contributed by atoms with van der Waals surface area (Å²) in [6.07, 6.45) is 0. The van der Waals surface area contributed by atoms with Crippen LogP contribution < -0.4 is 5.32 Å². The number of benzene rings is 2. The molecule has 2 aromatic rings. The summed E-state index contributed by atoms with van der Waals surface area (Å²) in [6, 6.07) is 10.7. The number of ether oxygens (including phenoxy) is 1. The van der Waals surface area contributed by atoms with E-state index in [4.69, 9.17) is 16.3 Å². The molecule has 1 heterocycles. The zero-order valence-electron chi connectivity index (χ0n) is 11.8. The summed E-state index contributed by atoms with van der Waals surface area (Å²) in [6.45, 7) is 4.00. The zero-order valence-corrected chi connectivity index (χ0v) is 12.6. The molecule has 0 aromatic heterocycles. The Morgan fingerprint density at radius 2 is 2.05 bits per heavy atom. The average Bonchev–Trinajstić information content (AvgIpc) is 2.93. The first kappa shape index (κ1) is 14.5. The molecule has 1 unspecified atom stereocenters. The lowest BCUT2D eigenvalue weighted by atomic mass is 9.95. The van der Waals surface area contributed by atoms with Crippen LogP contribution in [0.2, 0.25) is 5.02 Å². The van der Waals surface area contributed by atoms with E-state index in [9.17, 15) is 4.39 Å². The smallest absolute Gasteiger partial charge is 0.129 e.